The predicted octanol–water partition coefficient (Wildman–Crippen LogP) is 1.73. The molecule has 1 aromatic carbocycles. The monoisotopic (exact) mass is 374 g/mol. The number of piperidine rings is 1. The molecule has 3 aliphatic rings. The number of benzene rings is 1. The van der Waals surface area contributed by atoms with E-state index in [9.17, 15) is 4.79 Å². The number of rotatable bonds is 4. The summed E-state index contributed by atoms with van der Waals surface area (Å²) in [5.74, 6) is 1.70. The van der Waals surface area contributed by atoms with Crippen LogP contribution in [0.3, 0.4) is 0 Å². The molecule has 4 rings (SSSR count). The fraction of sp³-hybridized carbons (Fsp3) is 0.650. The molecule has 0 unspecified atom stereocenters. The van der Waals surface area contributed by atoms with E-state index in [1.807, 2.05) is 17.9 Å². The molecule has 3 aliphatic heterocycles. The molecule has 2 fully saturated rings. The maximum absolute atomic E-state index is 12.1. The van der Waals surface area contributed by atoms with Crippen LogP contribution in [-0.2, 0) is 6.54 Å². The highest BCUT2D eigenvalue weighted by atomic mass is 16.7. The van der Waals surface area contributed by atoms with Crippen molar-refractivity contribution in [3.63, 3.8) is 0 Å². The van der Waals surface area contributed by atoms with Gasteiger partial charge in [-0.15, -0.1) is 0 Å². The number of nitrogens with zero attached hydrogens (tertiary/aromatic N) is 3. The summed E-state index contributed by atoms with van der Waals surface area (Å²) in [6.45, 7) is 9.93. The van der Waals surface area contributed by atoms with Crippen molar-refractivity contribution < 1.29 is 14.3 Å². The number of carbonyl (C=O) groups excluding carboxylic acids is 1. The Balaban J connectivity index is 1.27. The highest BCUT2D eigenvalue weighted by molar-refractivity contribution is 5.74. The molecule has 3 heterocycles. The number of hydrogen-bond donors (Lipinski definition) is 1. The molecule has 0 bridgehead atoms. The van der Waals surface area contributed by atoms with Crippen LogP contribution in [0.5, 0.6) is 11.5 Å². The third-order valence-electron chi connectivity index (χ3n) is 5.78. The molecule has 0 aliphatic carbocycles. The topological polar surface area (TPSA) is 57.3 Å². The quantitative estimate of drug-likeness (QED) is 0.870. The van der Waals surface area contributed by atoms with Gasteiger partial charge in [0, 0.05) is 58.4 Å². The molecule has 7 nitrogen and oxygen atoms in total. The number of piperazine rings is 1. The van der Waals surface area contributed by atoms with Crippen LogP contribution < -0.4 is 14.8 Å². The van der Waals surface area contributed by atoms with E-state index >= 15 is 0 Å². The van der Waals surface area contributed by atoms with Gasteiger partial charge in [-0.2, -0.15) is 0 Å². The molecule has 2 saturated heterocycles. The lowest BCUT2D eigenvalue weighted by molar-refractivity contribution is 0.0582. The molecule has 2 amide bonds. The van der Waals surface area contributed by atoms with E-state index in [1.165, 1.54) is 12.0 Å². The standard InChI is InChI=1S/C20H30N4O3/c1-2-21-20(25)24-7-3-4-17(14-24)23-10-8-22(9-11-23)13-16-5-6-18-19(12-16)27-15-26-18/h5-6,12,17H,2-4,7-11,13-15H2,1H3,(H,21,25)/t17-/m1/s1. The van der Waals surface area contributed by atoms with E-state index in [0.717, 1.165) is 63.7 Å². The first kappa shape index (κ1) is 18.4. The van der Waals surface area contributed by atoms with Gasteiger partial charge in [-0.3, -0.25) is 9.80 Å². The fourth-order valence-corrected chi connectivity index (χ4v) is 4.28. The number of urea groups is 1. The number of fused-ring (bicyclic) bond motifs is 1. The number of carbonyl (C=O) groups is 1. The van der Waals surface area contributed by atoms with Crippen molar-refractivity contribution in [2.45, 2.75) is 32.4 Å². The van der Waals surface area contributed by atoms with Crippen molar-refractivity contribution in [2.75, 3.05) is 52.6 Å². The van der Waals surface area contributed by atoms with E-state index in [4.69, 9.17) is 9.47 Å². The molecule has 1 N–H and O–H groups in total. The molecular formula is C20H30N4O3. The van der Waals surface area contributed by atoms with Crippen molar-refractivity contribution in [1.82, 2.24) is 20.0 Å². The fourth-order valence-electron chi connectivity index (χ4n) is 4.28. The summed E-state index contributed by atoms with van der Waals surface area (Å²) in [5, 5.41) is 2.93. The summed E-state index contributed by atoms with van der Waals surface area (Å²) in [7, 11) is 0. The molecular weight excluding hydrogens is 344 g/mol. The third-order valence-corrected chi connectivity index (χ3v) is 5.78. The number of ether oxygens (including phenoxy) is 2. The van der Waals surface area contributed by atoms with Gasteiger partial charge >= 0.3 is 6.03 Å². The number of amides is 2. The summed E-state index contributed by atoms with van der Waals surface area (Å²) in [6, 6.07) is 6.81. The first-order valence-electron chi connectivity index (χ1n) is 10.1. The zero-order valence-corrected chi connectivity index (χ0v) is 16.2. The third kappa shape index (κ3) is 4.30. The van der Waals surface area contributed by atoms with Gasteiger partial charge in [0.05, 0.1) is 0 Å². The van der Waals surface area contributed by atoms with E-state index in [2.05, 4.69) is 27.2 Å². The van der Waals surface area contributed by atoms with Gasteiger partial charge in [0.25, 0.3) is 0 Å². The minimum atomic E-state index is 0.0867. The Morgan fingerprint density at radius 3 is 2.78 bits per heavy atom. The molecule has 148 valence electrons. The van der Waals surface area contributed by atoms with Crippen LogP contribution in [0.25, 0.3) is 0 Å². The van der Waals surface area contributed by atoms with Crippen molar-refractivity contribution in [3.05, 3.63) is 23.8 Å². The van der Waals surface area contributed by atoms with Gasteiger partial charge in [-0.1, -0.05) is 6.07 Å². The average molecular weight is 374 g/mol. The van der Waals surface area contributed by atoms with Crippen LogP contribution in [0.15, 0.2) is 18.2 Å². The van der Waals surface area contributed by atoms with Gasteiger partial charge in [0.2, 0.25) is 6.79 Å². The normalized spacial score (nSPS) is 23.4. The smallest absolute Gasteiger partial charge is 0.317 e. The Morgan fingerprint density at radius 2 is 1.96 bits per heavy atom. The number of hydrogen-bond acceptors (Lipinski definition) is 5. The maximum Gasteiger partial charge on any atom is 0.317 e. The molecule has 0 saturated carbocycles. The molecule has 1 aromatic rings. The van der Waals surface area contributed by atoms with E-state index in [-0.39, 0.29) is 6.03 Å². The van der Waals surface area contributed by atoms with Crippen LogP contribution in [0.2, 0.25) is 0 Å². The van der Waals surface area contributed by atoms with Crippen LogP contribution >= 0.6 is 0 Å². The number of nitrogens with one attached hydrogen (secondary N) is 1. The molecule has 0 radical (unpaired) electrons. The zero-order chi connectivity index (χ0) is 18.6. The van der Waals surface area contributed by atoms with Gasteiger partial charge in [0.15, 0.2) is 11.5 Å². The molecule has 0 spiro atoms. The SMILES string of the molecule is CCNC(=O)N1CCC[C@@H](N2CCN(Cc3ccc4c(c3)OCO4)CC2)C1. The molecule has 27 heavy (non-hydrogen) atoms. The Hall–Kier alpha value is -1.99. The largest absolute Gasteiger partial charge is 0.454 e. The van der Waals surface area contributed by atoms with Gasteiger partial charge < -0.3 is 19.7 Å². The van der Waals surface area contributed by atoms with Crippen LogP contribution in [-0.4, -0.2) is 79.4 Å². The predicted molar refractivity (Wildman–Crippen MR) is 103 cm³/mol. The van der Waals surface area contributed by atoms with E-state index in [1.54, 1.807) is 0 Å². The first-order valence-corrected chi connectivity index (χ1v) is 10.1. The second-order valence-electron chi connectivity index (χ2n) is 7.58. The van der Waals surface area contributed by atoms with Crippen LogP contribution in [0.1, 0.15) is 25.3 Å². The van der Waals surface area contributed by atoms with Crippen LogP contribution in [0.4, 0.5) is 4.79 Å². The Bertz CT molecular complexity index is 661. The van der Waals surface area contributed by atoms with Gasteiger partial charge in [0.1, 0.15) is 0 Å². The maximum atomic E-state index is 12.1. The summed E-state index contributed by atoms with van der Waals surface area (Å²) in [4.78, 5) is 19.2. The minimum Gasteiger partial charge on any atom is -0.454 e. The van der Waals surface area contributed by atoms with Crippen LogP contribution in [0, 0.1) is 0 Å². The van der Waals surface area contributed by atoms with Gasteiger partial charge in [-0.05, 0) is 37.5 Å². The summed E-state index contributed by atoms with van der Waals surface area (Å²) >= 11 is 0. The van der Waals surface area contributed by atoms with E-state index < -0.39 is 0 Å². The first-order chi connectivity index (χ1) is 13.2. The Morgan fingerprint density at radius 1 is 1.15 bits per heavy atom. The highest BCUT2D eigenvalue weighted by Gasteiger charge is 2.29. The second kappa shape index (κ2) is 8.35. The molecule has 7 heteroatoms. The lowest BCUT2D eigenvalue weighted by atomic mass is 10.0. The van der Waals surface area contributed by atoms with Crippen molar-refractivity contribution in [2.24, 2.45) is 0 Å². The average Bonchev–Trinajstić information content (AvgIpc) is 3.17. The Kier molecular flexibility index (Phi) is 5.69. The zero-order valence-electron chi connectivity index (χ0n) is 16.2. The van der Waals surface area contributed by atoms with E-state index in [0.29, 0.717) is 19.4 Å². The summed E-state index contributed by atoms with van der Waals surface area (Å²) in [5.41, 5.74) is 1.27. The molecule has 0 aromatic heterocycles. The number of likely N-dealkylation sites (tertiary alicyclic amines) is 1. The van der Waals surface area contributed by atoms with Crippen molar-refractivity contribution in [3.8, 4) is 11.5 Å². The molecule has 1 atom stereocenters. The van der Waals surface area contributed by atoms with Crippen molar-refractivity contribution in [1.29, 1.82) is 0 Å². The van der Waals surface area contributed by atoms with Gasteiger partial charge in [-0.25, -0.2) is 4.79 Å². The lowest BCUT2D eigenvalue weighted by Gasteiger charge is -2.43. The highest BCUT2D eigenvalue weighted by Crippen LogP contribution is 2.33. The Labute approximate surface area is 161 Å². The minimum absolute atomic E-state index is 0.0867. The van der Waals surface area contributed by atoms with Crippen molar-refractivity contribution >= 4 is 6.03 Å². The second-order valence-corrected chi connectivity index (χ2v) is 7.58. The summed E-state index contributed by atoms with van der Waals surface area (Å²) < 4.78 is 10.9. The summed E-state index contributed by atoms with van der Waals surface area (Å²) in [6.07, 6.45) is 2.29. The lowest BCUT2D eigenvalue weighted by Crippen LogP contribution is -2.56.